The fraction of sp³-hybridized carbons (Fsp3) is 0.0556. The van der Waals surface area contributed by atoms with E-state index in [1.165, 1.54) is 36.5 Å². The number of alkyl halides is 3. The van der Waals surface area contributed by atoms with Crippen LogP contribution in [0.2, 0.25) is 0 Å². The number of anilines is 1. The number of rotatable bonds is 4. The Morgan fingerprint density at radius 2 is 1.69 bits per heavy atom. The van der Waals surface area contributed by atoms with Gasteiger partial charge in [0.05, 0.1) is 0 Å². The standard InChI is InChI=1S/C18H12F4N2O2/c19-17-7-4-11(10-24-17)15-6-5-12(23)8-16(15)25-13-2-1-3-14(9-13)26-18(20,21)22/h1-10H,23H2. The smallest absolute Gasteiger partial charge is 0.457 e. The first-order valence-corrected chi connectivity index (χ1v) is 7.35. The van der Waals surface area contributed by atoms with Crippen LogP contribution in [0, 0.1) is 5.95 Å². The summed E-state index contributed by atoms with van der Waals surface area (Å²) in [5.41, 5.74) is 7.27. The third-order valence-electron chi connectivity index (χ3n) is 3.31. The van der Waals surface area contributed by atoms with E-state index < -0.39 is 18.1 Å². The number of aromatic nitrogens is 1. The summed E-state index contributed by atoms with van der Waals surface area (Å²) in [7, 11) is 0. The van der Waals surface area contributed by atoms with Gasteiger partial charge in [0.2, 0.25) is 5.95 Å². The molecule has 0 aliphatic rings. The van der Waals surface area contributed by atoms with Crippen LogP contribution in [0.1, 0.15) is 0 Å². The van der Waals surface area contributed by atoms with E-state index in [1.807, 2.05) is 0 Å². The van der Waals surface area contributed by atoms with E-state index in [9.17, 15) is 17.6 Å². The Hall–Kier alpha value is -3.29. The zero-order chi connectivity index (χ0) is 18.7. The Labute approximate surface area is 145 Å². The van der Waals surface area contributed by atoms with Crippen molar-refractivity contribution >= 4 is 5.69 Å². The zero-order valence-electron chi connectivity index (χ0n) is 13.1. The maximum Gasteiger partial charge on any atom is 0.573 e. The van der Waals surface area contributed by atoms with E-state index in [2.05, 4.69) is 9.72 Å². The van der Waals surface area contributed by atoms with Gasteiger partial charge in [0, 0.05) is 35.1 Å². The Bertz CT molecular complexity index is 912. The van der Waals surface area contributed by atoms with Crippen molar-refractivity contribution in [3.63, 3.8) is 0 Å². The van der Waals surface area contributed by atoms with Crippen molar-refractivity contribution in [2.45, 2.75) is 6.36 Å². The molecule has 0 saturated heterocycles. The quantitative estimate of drug-likeness (QED) is 0.395. The van der Waals surface area contributed by atoms with Gasteiger partial charge in [0.15, 0.2) is 0 Å². The van der Waals surface area contributed by atoms with Crippen LogP contribution in [0.25, 0.3) is 11.1 Å². The van der Waals surface area contributed by atoms with Gasteiger partial charge in [-0.25, -0.2) is 4.98 Å². The van der Waals surface area contributed by atoms with Crippen molar-refractivity contribution in [1.29, 1.82) is 0 Å². The average Bonchev–Trinajstić information content (AvgIpc) is 2.55. The molecule has 3 aromatic rings. The van der Waals surface area contributed by atoms with Crippen molar-refractivity contribution in [3.8, 4) is 28.4 Å². The minimum absolute atomic E-state index is 0.119. The first-order chi connectivity index (χ1) is 12.3. The van der Waals surface area contributed by atoms with Crippen LogP contribution in [0.3, 0.4) is 0 Å². The summed E-state index contributed by atoms with van der Waals surface area (Å²) in [5.74, 6) is -0.649. The Kier molecular flexibility index (Phi) is 4.66. The van der Waals surface area contributed by atoms with Crippen LogP contribution >= 0.6 is 0 Å². The van der Waals surface area contributed by atoms with Gasteiger partial charge in [0.1, 0.15) is 17.2 Å². The number of ether oxygens (including phenoxy) is 2. The lowest BCUT2D eigenvalue weighted by Crippen LogP contribution is -2.17. The molecule has 0 bridgehead atoms. The number of pyridine rings is 1. The van der Waals surface area contributed by atoms with E-state index >= 15 is 0 Å². The number of benzene rings is 2. The van der Waals surface area contributed by atoms with E-state index in [4.69, 9.17) is 10.5 Å². The number of hydrogen-bond acceptors (Lipinski definition) is 4. The van der Waals surface area contributed by atoms with Gasteiger partial charge in [-0.3, -0.25) is 0 Å². The topological polar surface area (TPSA) is 57.4 Å². The SMILES string of the molecule is Nc1ccc(-c2ccc(F)nc2)c(Oc2cccc(OC(F)(F)F)c2)c1. The first-order valence-electron chi connectivity index (χ1n) is 7.35. The molecule has 4 nitrogen and oxygen atoms in total. The van der Waals surface area contributed by atoms with Crippen molar-refractivity contribution in [1.82, 2.24) is 4.98 Å². The molecule has 1 aromatic heterocycles. The predicted molar refractivity (Wildman–Crippen MR) is 87.2 cm³/mol. The summed E-state index contributed by atoms with van der Waals surface area (Å²) in [4.78, 5) is 3.58. The largest absolute Gasteiger partial charge is 0.573 e. The third kappa shape index (κ3) is 4.41. The fourth-order valence-corrected chi connectivity index (χ4v) is 2.26. The lowest BCUT2D eigenvalue weighted by atomic mass is 10.1. The molecule has 134 valence electrons. The summed E-state index contributed by atoms with van der Waals surface area (Å²) in [6, 6.07) is 12.6. The number of halogens is 4. The van der Waals surface area contributed by atoms with Gasteiger partial charge < -0.3 is 15.2 Å². The first kappa shape index (κ1) is 17.5. The molecule has 8 heteroatoms. The molecule has 0 aliphatic heterocycles. The highest BCUT2D eigenvalue weighted by Gasteiger charge is 2.31. The van der Waals surface area contributed by atoms with Crippen LogP contribution in [0.5, 0.6) is 17.2 Å². The van der Waals surface area contributed by atoms with Gasteiger partial charge in [-0.05, 0) is 36.4 Å². The highest BCUT2D eigenvalue weighted by Crippen LogP contribution is 2.36. The Morgan fingerprint density at radius 1 is 0.923 bits per heavy atom. The van der Waals surface area contributed by atoms with Gasteiger partial charge in [-0.1, -0.05) is 6.07 Å². The Balaban J connectivity index is 1.94. The molecular formula is C18H12F4N2O2. The van der Waals surface area contributed by atoms with Crippen molar-refractivity contribution in [3.05, 3.63) is 66.7 Å². The highest BCUT2D eigenvalue weighted by atomic mass is 19.4. The second kappa shape index (κ2) is 6.91. The molecule has 0 unspecified atom stereocenters. The monoisotopic (exact) mass is 364 g/mol. The molecule has 2 aromatic carbocycles. The highest BCUT2D eigenvalue weighted by molar-refractivity contribution is 5.72. The second-order valence-electron chi connectivity index (χ2n) is 5.25. The second-order valence-corrected chi connectivity index (χ2v) is 5.25. The number of nitrogens with zero attached hydrogens (tertiary/aromatic N) is 1. The summed E-state index contributed by atoms with van der Waals surface area (Å²) >= 11 is 0. The maximum absolute atomic E-state index is 13.0. The molecule has 26 heavy (non-hydrogen) atoms. The van der Waals surface area contributed by atoms with Crippen LogP contribution in [-0.4, -0.2) is 11.3 Å². The zero-order valence-corrected chi connectivity index (χ0v) is 13.1. The molecule has 0 aliphatic carbocycles. The number of nitrogens with two attached hydrogens (primary N) is 1. The summed E-state index contributed by atoms with van der Waals surface area (Å²) in [5, 5.41) is 0. The minimum atomic E-state index is -4.80. The summed E-state index contributed by atoms with van der Waals surface area (Å²) < 4.78 is 59.6. The van der Waals surface area contributed by atoms with Gasteiger partial charge in [-0.15, -0.1) is 13.2 Å². The normalized spacial score (nSPS) is 11.2. The van der Waals surface area contributed by atoms with Crippen LogP contribution in [0.15, 0.2) is 60.8 Å². The maximum atomic E-state index is 13.0. The lowest BCUT2D eigenvalue weighted by Gasteiger charge is -2.14. The molecule has 0 spiro atoms. The van der Waals surface area contributed by atoms with Gasteiger partial charge >= 0.3 is 6.36 Å². The fourth-order valence-electron chi connectivity index (χ4n) is 2.26. The third-order valence-corrected chi connectivity index (χ3v) is 3.31. The van der Waals surface area contributed by atoms with Crippen LogP contribution in [0.4, 0.5) is 23.2 Å². The molecule has 3 rings (SSSR count). The van der Waals surface area contributed by atoms with Gasteiger partial charge in [-0.2, -0.15) is 4.39 Å². The van der Waals surface area contributed by atoms with E-state index in [1.54, 1.807) is 12.1 Å². The molecular weight excluding hydrogens is 352 g/mol. The van der Waals surface area contributed by atoms with E-state index in [0.29, 0.717) is 16.8 Å². The molecule has 0 atom stereocenters. The van der Waals surface area contributed by atoms with Crippen molar-refractivity contribution in [2.75, 3.05) is 5.73 Å². The number of nitrogen functional groups attached to an aromatic ring is 1. The molecule has 0 saturated carbocycles. The van der Waals surface area contributed by atoms with Crippen molar-refractivity contribution < 1.29 is 27.0 Å². The summed E-state index contributed by atoms with van der Waals surface area (Å²) in [6.45, 7) is 0. The number of hydrogen-bond donors (Lipinski definition) is 1. The molecule has 0 amide bonds. The predicted octanol–water partition coefficient (Wildman–Crippen LogP) is 5.16. The summed E-state index contributed by atoms with van der Waals surface area (Å²) in [6.07, 6.45) is -3.49. The molecule has 2 N–H and O–H groups in total. The molecule has 0 radical (unpaired) electrons. The van der Waals surface area contributed by atoms with Crippen LogP contribution in [-0.2, 0) is 0 Å². The minimum Gasteiger partial charge on any atom is -0.457 e. The van der Waals surface area contributed by atoms with Gasteiger partial charge in [0.25, 0.3) is 0 Å². The van der Waals surface area contributed by atoms with Crippen LogP contribution < -0.4 is 15.2 Å². The lowest BCUT2D eigenvalue weighted by molar-refractivity contribution is -0.274. The van der Waals surface area contributed by atoms with E-state index in [0.717, 1.165) is 12.1 Å². The molecule has 0 fully saturated rings. The van der Waals surface area contributed by atoms with E-state index in [-0.39, 0.29) is 11.5 Å². The average molecular weight is 364 g/mol. The Morgan fingerprint density at radius 3 is 2.38 bits per heavy atom. The molecule has 1 heterocycles. The van der Waals surface area contributed by atoms with Crippen molar-refractivity contribution in [2.24, 2.45) is 0 Å².